The van der Waals surface area contributed by atoms with Crippen molar-refractivity contribution in [2.75, 3.05) is 0 Å². The lowest BCUT2D eigenvalue weighted by molar-refractivity contribution is 0.112. The third-order valence-corrected chi connectivity index (χ3v) is 3.10. The Balaban J connectivity index is 2.33. The van der Waals surface area contributed by atoms with Gasteiger partial charge in [0, 0.05) is 28.9 Å². The van der Waals surface area contributed by atoms with Crippen LogP contribution in [0.5, 0.6) is 0 Å². The molecule has 0 radical (unpaired) electrons. The normalized spacial score (nSPS) is 10.6. The molecule has 0 aliphatic carbocycles. The number of carbonyl (C=O) groups excluding carboxylic acids is 1. The fourth-order valence-electron chi connectivity index (χ4n) is 2.17. The summed E-state index contributed by atoms with van der Waals surface area (Å²) in [5.41, 5.74) is 1.62. The molecule has 0 amide bonds. The number of carbonyl (C=O) groups is 1. The molecule has 0 unspecified atom stereocenters. The molecular formula is C16H10FNO. The van der Waals surface area contributed by atoms with Gasteiger partial charge in [0.25, 0.3) is 0 Å². The van der Waals surface area contributed by atoms with E-state index >= 15 is 0 Å². The first-order valence-electron chi connectivity index (χ1n) is 5.87. The Bertz CT molecular complexity index is 762. The average Bonchev–Trinajstić information content (AvgIpc) is 2.47. The van der Waals surface area contributed by atoms with E-state index in [1.807, 2.05) is 24.3 Å². The van der Waals surface area contributed by atoms with E-state index in [4.69, 9.17) is 0 Å². The van der Waals surface area contributed by atoms with E-state index in [1.54, 1.807) is 18.5 Å². The van der Waals surface area contributed by atoms with E-state index in [9.17, 15) is 9.18 Å². The maximum atomic E-state index is 14.0. The molecule has 0 bridgehead atoms. The first-order chi connectivity index (χ1) is 9.29. The van der Waals surface area contributed by atoms with Crippen molar-refractivity contribution in [3.8, 4) is 11.1 Å². The first kappa shape index (κ1) is 11.5. The molecule has 92 valence electrons. The summed E-state index contributed by atoms with van der Waals surface area (Å²) in [6, 6.07) is 11.9. The molecule has 19 heavy (non-hydrogen) atoms. The quantitative estimate of drug-likeness (QED) is 0.647. The van der Waals surface area contributed by atoms with Crippen LogP contribution in [0.15, 0.2) is 54.9 Å². The zero-order valence-corrected chi connectivity index (χ0v) is 10.0. The van der Waals surface area contributed by atoms with Gasteiger partial charge < -0.3 is 0 Å². The van der Waals surface area contributed by atoms with Crippen LogP contribution in [-0.4, -0.2) is 11.3 Å². The van der Waals surface area contributed by atoms with Gasteiger partial charge in [-0.15, -0.1) is 0 Å². The lowest BCUT2D eigenvalue weighted by atomic mass is 9.98. The predicted molar refractivity (Wildman–Crippen MR) is 72.5 cm³/mol. The van der Waals surface area contributed by atoms with Crippen molar-refractivity contribution >= 4 is 17.1 Å². The van der Waals surface area contributed by atoms with Crippen LogP contribution in [0, 0.1) is 5.82 Å². The molecule has 0 saturated carbocycles. The average molecular weight is 251 g/mol. The van der Waals surface area contributed by atoms with E-state index in [0.717, 1.165) is 16.3 Å². The van der Waals surface area contributed by atoms with Crippen LogP contribution in [-0.2, 0) is 0 Å². The highest BCUT2D eigenvalue weighted by Crippen LogP contribution is 2.30. The van der Waals surface area contributed by atoms with Crippen molar-refractivity contribution in [1.82, 2.24) is 4.98 Å². The molecule has 0 aliphatic heterocycles. The van der Waals surface area contributed by atoms with Crippen LogP contribution < -0.4 is 0 Å². The van der Waals surface area contributed by atoms with Gasteiger partial charge >= 0.3 is 0 Å². The molecule has 2 nitrogen and oxygen atoms in total. The molecule has 0 fully saturated rings. The minimum atomic E-state index is -0.345. The molecule has 0 aliphatic rings. The van der Waals surface area contributed by atoms with E-state index < -0.39 is 0 Å². The van der Waals surface area contributed by atoms with Gasteiger partial charge in [-0.25, -0.2) is 4.39 Å². The third kappa shape index (κ3) is 1.99. The number of rotatable bonds is 2. The first-order valence-corrected chi connectivity index (χ1v) is 5.87. The number of halogens is 1. The molecule has 0 atom stereocenters. The standard InChI is InChI=1S/C16H10FNO/c17-16-5-4-11(10-19)8-14(16)13-3-1-2-12-6-7-18-9-15(12)13/h1-10H. The highest BCUT2D eigenvalue weighted by Gasteiger charge is 2.09. The second-order valence-electron chi connectivity index (χ2n) is 4.26. The van der Waals surface area contributed by atoms with Gasteiger partial charge in [0.15, 0.2) is 0 Å². The van der Waals surface area contributed by atoms with Crippen LogP contribution in [0.3, 0.4) is 0 Å². The Morgan fingerprint density at radius 1 is 1.05 bits per heavy atom. The lowest BCUT2D eigenvalue weighted by Crippen LogP contribution is -1.89. The Labute approximate surface area is 109 Å². The number of hydrogen-bond donors (Lipinski definition) is 0. The highest BCUT2D eigenvalue weighted by atomic mass is 19.1. The van der Waals surface area contributed by atoms with Crippen molar-refractivity contribution in [2.45, 2.75) is 0 Å². The summed E-state index contributed by atoms with van der Waals surface area (Å²) < 4.78 is 14.0. The number of aldehydes is 1. The summed E-state index contributed by atoms with van der Waals surface area (Å²) in [6.07, 6.45) is 4.12. The van der Waals surface area contributed by atoms with Gasteiger partial charge in [0.1, 0.15) is 12.1 Å². The fourth-order valence-corrected chi connectivity index (χ4v) is 2.17. The summed E-state index contributed by atoms with van der Waals surface area (Å²) >= 11 is 0. The molecule has 1 heterocycles. The summed E-state index contributed by atoms with van der Waals surface area (Å²) in [4.78, 5) is 14.9. The van der Waals surface area contributed by atoms with Crippen LogP contribution >= 0.6 is 0 Å². The molecule has 3 heteroatoms. The van der Waals surface area contributed by atoms with Crippen LogP contribution in [0.2, 0.25) is 0 Å². The molecule has 0 spiro atoms. The molecular weight excluding hydrogens is 241 g/mol. The Morgan fingerprint density at radius 2 is 1.95 bits per heavy atom. The highest BCUT2D eigenvalue weighted by molar-refractivity contribution is 5.96. The van der Waals surface area contributed by atoms with Gasteiger partial charge in [-0.05, 0) is 35.2 Å². The molecule has 3 rings (SSSR count). The molecule has 1 aromatic heterocycles. The minimum Gasteiger partial charge on any atom is -0.298 e. The SMILES string of the molecule is O=Cc1ccc(F)c(-c2cccc3ccncc23)c1. The monoisotopic (exact) mass is 251 g/mol. The molecule has 2 aromatic carbocycles. The van der Waals surface area contributed by atoms with Crippen molar-refractivity contribution < 1.29 is 9.18 Å². The van der Waals surface area contributed by atoms with Gasteiger partial charge in [0.05, 0.1) is 0 Å². The topological polar surface area (TPSA) is 30.0 Å². The fraction of sp³-hybridized carbons (Fsp3) is 0. The van der Waals surface area contributed by atoms with Crippen molar-refractivity contribution in [2.24, 2.45) is 0 Å². The number of nitrogens with zero attached hydrogens (tertiary/aromatic N) is 1. The van der Waals surface area contributed by atoms with Crippen LogP contribution in [0.25, 0.3) is 21.9 Å². The smallest absolute Gasteiger partial charge is 0.150 e. The Kier molecular flexibility index (Phi) is 2.80. The predicted octanol–water partition coefficient (Wildman–Crippen LogP) is 3.85. The van der Waals surface area contributed by atoms with Gasteiger partial charge in [-0.3, -0.25) is 9.78 Å². The lowest BCUT2D eigenvalue weighted by Gasteiger charge is -2.08. The molecule has 0 saturated heterocycles. The van der Waals surface area contributed by atoms with Gasteiger partial charge in [-0.2, -0.15) is 0 Å². The number of hydrogen-bond acceptors (Lipinski definition) is 2. The molecule has 0 N–H and O–H groups in total. The van der Waals surface area contributed by atoms with Crippen molar-refractivity contribution in [3.63, 3.8) is 0 Å². The summed E-state index contributed by atoms with van der Waals surface area (Å²) in [7, 11) is 0. The second-order valence-corrected chi connectivity index (χ2v) is 4.26. The largest absolute Gasteiger partial charge is 0.298 e. The van der Waals surface area contributed by atoms with E-state index in [0.29, 0.717) is 17.4 Å². The van der Waals surface area contributed by atoms with Crippen molar-refractivity contribution in [1.29, 1.82) is 0 Å². The number of aromatic nitrogens is 1. The number of fused-ring (bicyclic) bond motifs is 1. The molecule has 3 aromatic rings. The van der Waals surface area contributed by atoms with E-state index in [-0.39, 0.29) is 5.82 Å². The minimum absolute atomic E-state index is 0.345. The zero-order chi connectivity index (χ0) is 13.2. The second kappa shape index (κ2) is 4.61. The summed E-state index contributed by atoms with van der Waals surface area (Å²) in [5.74, 6) is -0.345. The number of pyridine rings is 1. The van der Waals surface area contributed by atoms with E-state index in [1.165, 1.54) is 12.1 Å². The van der Waals surface area contributed by atoms with E-state index in [2.05, 4.69) is 4.98 Å². The Hall–Kier alpha value is -2.55. The summed E-state index contributed by atoms with van der Waals surface area (Å²) in [5, 5.41) is 1.86. The zero-order valence-electron chi connectivity index (χ0n) is 10.0. The summed E-state index contributed by atoms with van der Waals surface area (Å²) in [6.45, 7) is 0. The van der Waals surface area contributed by atoms with Gasteiger partial charge in [-0.1, -0.05) is 18.2 Å². The maximum Gasteiger partial charge on any atom is 0.150 e. The van der Waals surface area contributed by atoms with Crippen LogP contribution in [0.4, 0.5) is 4.39 Å². The Morgan fingerprint density at radius 3 is 2.79 bits per heavy atom. The van der Waals surface area contributed by atoms with Gasteiger partial charge in [0.2, 0.25) is 0 Å². The van der Waals surface area contributed by atoms with Crippen LogP contribution in [0.1, 0.15) is 10.4 Å². The van der Waals surface area contributed by atoms with Crippen molar-refractivity contribution in [3.05, 3.63) is 66.2 Å². The number of benzene rings is 2. The maximum absolute atomic E-state index is 14.0. The third-order valence-electron chi connectivity index (χ3n) is 3.10.